The van der Waals surface area contributed by atoms with E-state index in [1.165, 1.54) is 5.56 Å². The van der Waals surface area contributed by atoms with E-state index >= 15 is 0 Å². The molecule has 0 saturated heterocycles. The summed E-state index contributed by atoms with van der Waals surface area (Å²) in [6.45, 7) is 5.69. The predicted molar refractivity (Wildman–Crippen MR) is 75.2 cm³/mol. The molecule has 0 radical (unpaired) electrons. The molecule has 0 amide bonds. The Labute approximate surface area is 112 Å². The van der Waals surface area contributed by atoms with Crippen molar-refractivity contribution >= 4 is 11.3 Å². The Balaban J connectivity index is 2.27. The molecule has 0 spiro atoms. The smallest absolute Gasteiger partial charge is 0.119 e. The third kappa shape index (κ3) is 3.09. The number of aromatic nitrogens is 1. The van der Waals surface area contributed by atoms with E-state index in [1.54, 1.807) is 11.3 Å². The highest BCUT2D eigenvalue weighted by Crippen LogP contribution is 2.25. The van der Waals surface area contributed by atoms with Crippen LogP contribution in [0.5, 0.6) is 5.75 Å². The Bertz CT molecular complexity index is 470. The third-order valence-electron chi connectivity index (χ3n) is 2.66. The minimum atomic E-state index is 0.140. The zero-order valence-corrected chi connectivity index (χ0v) is 11.5. The van der Waals surface area contributed by atoms with Gasteiger partial charge in [-0.25, -0.2) is 4.98 Å². The normalized spacial score (nSPS) is 12.3. The number of ether oxygens (including phenoxy) is 1. The molecule has 18 heavy (non-hydrogen) atoms. The van der Waals surface area contributed by atoms with Gasteiger partial charge in [-0.05, 0) is 31.2 Å². The van der Waals surface area contributed by atoms with E-state index in [1.807, 2.05) is 24.6 Å². The van der Waals surface area contributed by atoms with Crippen molar-refractivity contribution in [2.45, 2.75) is 19.9 Å². The lowest BCUT2D eigenvalue weighted by Crippen LogP contribution is -2.22. The van der Waals surface area contributed by atoms with Gasteiger partial charge in [0.05, 0.1) is 23.9 Å². The molecule has 1 heterocycles. The van der Waals surface area contributed by atoms with Crippen molar-refractivity contribution in [3.05, 3.63) is 46.4 Å². The minimum Gasteiger partial charge on any atom is -0.494 e. The standard InChI is InChI=1S/C14H18N2OS/c1-3-15-14(13-9-18-10-16-13)11-6-5-7-12(8-11)17-4-2/h5-10,14-15H,3-4H2,1-2H3. The van der Waals surface area contributed by atoms with Crippen molar-refractivity contribution in [3.63, 3.8) is 0 Å². The van der Waals surface area contributed by atoms with Crippen molar-refractivity contribution in [1.82, 2.24) is 10.3 Å². The highest BCUT2D eigenvalue weighted by Gasteiger charge is 2.15. The van der Waals surface area contributed by atoms with Crippen LogP contribution < -0.4 is 10.1 Å². The highest BCUT2D eigenvalue weighted by atomic mass is 32.1. The van der Waals surface area contributed by atoms with E-state index in [9.17, 15) is 0 Å². The molecule has 0 aliphatic carbocycles. The van der Waals surface area contributed by atoms with E-state index in [0.717, 1.165) is 18.0 Å². The van der Waals surface area contributed by atoms with E-state index in [0.29, 0.717) is 6.61 Å². The molecular formula is C14H18N2OS. The Morgan fingerprint density at radius 2 is 2.28 bits per heavy atom. The maximum atomic E-state index is 5.55. The van der Waals surface area contributed by atoms with Crippen molar-refractivity contribution < 1.29 is 4.74 Å². The molecule has 1 N–H and O–H groups in total. The largest absolute Gasteiger partial charge is 0.494 e. The van der Waals surface area contributed by atoms with Crippen molar-refractivity contribution in [2.24, 2.45) is 0 Å². The van der Waals surface area contributed by atoms with Gasteiger partial charge in [0.2, 0.25) is 0 Å². The number of hydrogen-bond donors (Lipinski definition) is 1. The molecule has 0 aliphatic rings. The number of nitrogens with one attached hydrogen (secondary N) is 1. The van der Waals surface area contributed by atoms with Crippen LogP contribution in [0.15, 0.2) is 35.2 Å². The van der Waals surface area contributed by atoms with Gasteiger partial charge in [0.15, 0.2) is 0 Å². The summed E-state index contributed by atoms with van der Waals surface area (Å²) in [4.78, 5) is 4.40. The van der Waals surface area contributed by atoms with Gasteiger partial charge in [0.1, 0.15) is 5.75 Å². The Morgan fingerprint density at radius 3 is 2.94 bits per heavy atom. The molecule has 2 rings (SSSR count). The second kappa shape index (κ2) is 6.52. The van der Waals surface area contributed by atoms with E-state index in [4.69, 9.17) is 4.74 Å². The molecular weight excluding hydrogens is 244 g/mol. The lowest BCUT2D eigenvalue weighted by Gasteiger charge is -2.17. The molecule has 1 aromatic carbocycles. The second-order valence-corrected chi connectivity index (χ2v) is 4.63. The van der Waals surface area contributed by atoms with Crippen LogP contribution in [0.1, 0.15) is 31.1 Å². The Kier molecular flexibility index (Phi) is 4.73. The van der Waals surface area contributed by atoms with Gasteiger partial charge >= 0.3 is 0 Å². The summed E-state index contributed by atoms with van der Waals surface area (Å²) in [5.74, 6) is 0.910. The monoisotopic (exact) mass is 262 g/mol. The number of thiazole rings is 1. The molecule has 1 atom stereocenters. The summed E-state index contributed by atoms with van der Waals surface area (Å²) in [6, 6.07) is 8.33. The molecule has 96 valence electrons. The molecule has 3 nitrogen and oxygen atoms in total. The average molecular weight is 262 g/mol. The van der Waals surface area contributed by atoms with Gasteiger partial charge in [-0.15, -0.1) is 11.3 Å². The van der Waals surface area contributed by atoms with Crippen LogP contribution >= 0.6 is 11.3 Å². The Hall–Kier alpha value is -1.39. The average Bonchev–Trinajstić information content (AvgIpc) is 2.90. The first-order chi connectivity index (χ1) is 8.85. The summed E-state index contributed by atoms with van der Waals surface area (Å²) in [5, 5.41) is 5.54. The zero-order valence-electron chi connectivity index (χ0n) is 10.7. The van der Waals surface area contributed by atoms with Crippen molar-refractivity contribution in [1.29, 1.82) is 0 Å². The van der Waals surface area contributed by atoms with Gasteiger partial charge in [-0.1, -0.05) is 19.1 Å². The summed E-state index contributed by atoms with van der Waals surface area (Å²) in [7, 11) is 0. The minimum absolute atomic E-state index is 0.140. The molecule has 4 heteroatoms. The first kappa shape index (κ1) is 13.1. The maximum absolute atomic E-state index is 5.55. The molecule has 0 bridgehead atoms. The number of hydrogen-bond acceptors (Lipinski definition) is 4. The molecule has 0 fully saturated rings. The van der Waals surface area contributed by atoms with Crippen LogP contribution in [0.2, 0.25) is 0 Å². The summed E-state index contributed by atoms with van der Waals surface area (Å²) < 4.78 is 5.55. The molecule has 0 saturated carbocycles. The molecule has 0 aliphatic heterocycles. The van der Waals surface area contributed by atoms with Crippen molar-refractivity contribution in [3.8, 4) is 5.75 Å². The lowest BCUT2D eigenvalue weighted by atomic mass is 10.0. The van der Waals surface area contributed by atoms with Gasteiger partial charge < -0.3 is 10.1 Å². The van der Waals surface area contributed by atoms with E-state index < -0.39 is 0 Å². The quantitative estimate of drug-likeness (QED) is 0.867. The van der Waals surface area contributed by atoms with Crippen LogP contribution in [-0.4, -0.2) is 18.1 Å². The maximum Gasteiger partial charge on any atom is 0.119 e. The number of rotatable bonds is 6. The van der Waals surface area contributed by atoms with E-state index in [-0.39, 0.29) is 6.04 Å². The second-order valence-electron chi connectivity index (χ2n) is 3.91. The SMILES string of the molecule is CCNC(c1cccc(OCC)c1)c1cscn1. The Morgan fingerprint density at radius 1 is 1.39 bits per heavy atom. The first-order valence-corrected chi connectivity index (χ1v) is 7.13. The highest BCUT2D eigenvalue weighted by molar-refractivity contribution is 7.07. The first-order valence-electron chi connectivity index (χ1n) is 6.19. The summed E-state index contributed by atoms with van der Waals surface area (Å²) >= 11 is 1.62. The van der Waals surface area contributed by atoms with Crippen LogP contribution in [-0.2, 0) is 0 Å². The van der Waals surface area contributed by atoms with Gasteiger partial charge in [0.25, 0.3) is 0 Å². The van der Waals surface area contributed by atoms with Crippen LogP contribution in [0.3, 0.4) is 0 Å². The van der Waals surface area contributed by atoms with Crippen LogP contribution in [0, 0.1) is 0 Å². The topological polar surface area (TPSA) is 34.1 Å². The number of nitrogens with zero attached hydrogens (tertiary/aromatic N) is 1. The summed E-state index contributed by atoms with van der Waals surface area (Å²) in [6.07, 6.45) is 0. The van der Waals surface area contributed by atoms with Crippen molar-refractivity contribution in [2.75, 3.05) is 13.2 Å². The number of benzene rings is 1. The summed E-state index contributed by atoms with van der Waals surface area (Å²) in [5.41, 5.74) is 4.12. The van der Waals surface area contributed by atoms with E-state index in [2.05, 4.69) is 34.7 Å². The molecule has 1 aromatic heterocycles. The van der Waals surface area contributed by atoms with Crippen LogP contribution in [0.25, 0.3) is 0 Å². The van der Waals surface area contributed by atoms with Crippen LogP contribution in [0.4, 0.5) is 0 Å². The fourth-order valence-electron chi connectivity index (χ4n) is 1.91. The zero-order chi connectivity index (χ0) is 12.8. The fourth-order valence-corrected chi connectivity index (χ4v) is 2.49. The van der Waals surface area contributed by atoms with Gasteiger partial charge in [0, 0.05) is 5.38 Å². The van der Waals surface area contributed by atoms with Gasteiger partial charge in [-0.2, -0.15) is 0 Å². The predicted octanol–water partition coefficient (Wildman–Crippen LogP) is 3.24. The fraction of sp³-hybridized carbons (Fsp3) is 0.357. The third-order valence-corrected chi connectivity index (χ3v) is 3.26. The molecule has 1 unspecified atom stereocenters. The lowest BCUT2D eigenvalue weighted by molar-refractivity contribution is 0.339. The van der Waals surface area contributed by atoms with Gasteiger partial charge in [-0.3, -0.25) is 0 Å². The molecule has 2 aromatic rings.